The number of aromatic amines is 1. The van der Waals surface area contributed by atoms with E-state index in [1.807, 2.05) is 0 Å². The van der Waals surface area contributed by atoms with E-state index in [2.05, 4.69) is 10.2 Å². The molecule has 0 aromatic carbocycles. The molecule has 0 radical (unpaired) electrons. The van der Waals surface area contributed by atoms with E-state index in [1.165, 1.54) is 0 Å². The van der Waals surface area contributed by atoms with Crippen molar-refractivity contribution in [1.82, 2.24) is 10.2 Å². The maximum Gasteiger partial charge on any atom is 0.512 e. The summed E-state index contributed by atoms with van der Waals surface area (Å²) in [5.41, 5.74) is -0.437. The van der Waals surface area contributed by atoms with Crippen LogP contribution in [-0.4, -0.2) is 17.2 Å². The molecule has 1 aromatic heterocycles. The lowest BCUT2D eigenvalue weighted by atomic mass is 9.78. The Bertz CT molecular complexity index is 266. The van der Waals surface area contributed by atoms with Crippen LogP contribution >= 0.6 is 0 Å². The third-order valence-electron chi connectivity index (χ3n) is 1.63. The molecule has 1 heterocycles. The summed E-state index contributed by atoms with van der Waals surface area (Å²) in [5, 5.41) is 5.74. The molecule has 0 spiro atoms. The first-order valence-corrected chi connectivity index (χ1v) is 3.66. The molecular formula is C6H9BF3N2-. The van der Waals surface area contributed by atoms with E-state index in [0.717, 1.165) is 6.20 Å². The second kappa shape index (κ2) is 2.84. The molecule has 0 aliphatic rings. The van der Waals surface area contributed by atoms with Crippen molar-refractivity contribution in [3.05, 3.63) is 11.9 Å². The largest absolute Gasteiger partial charge is 0.512 e. The highest BCUT2D eigenvalue weighted by atomic mass is 19.4. The molecule has 0 saturated heterocycles. The SMILES string of the molecule is CC(C)c1[nH]ncc1[B-](F)(F)F. The van der Waals surface area contributed by atoms with E-state index < -0.39 is 12.4 Å². The molecule has 0 aliphatic heterocycles. The number of rotatable bonds is 2. The van der Waals surface area contributed by atoms with Gasteiger partial charge in [-0.15, -0.1) is 0 Å². The highest BCUT2D eigenvalue weighted by molar-refractivity contribution is 6.73. The van der Waals surface area contributed by atoms with Gasteiger partial charge in [-0.05, 0) is 5.92 Å². The van der Waals surface area contributed by atoms with Crippen LogP contribution < -0.4 is 5.46 Å². The molecule has 0 aliphatic carbocycles. The molecular weight excluding hydrogens is 168 g/mol. The van der Waals surface area contributed by atoms with Crippen molar-refractivity contribution in [2.24, 2.45) is 0 Å². The zero-order valence-corrected chi connectivity index (χ0v) is 6.81. The maximum absolute atomic E-state index is 12.2. The summed E-state index contributed by atoms with van der Waals surface area (Å²) in [6.45, 7) is -1.53. The normalized spacial score (nSPS) is 12.5. The topological polar surface area (TPSA) is 28.7 Å². The highest BCUT2D eigenvalue weighted by Crippen LogP contribution is 2.15. The Morgan fingerprint density at radius 3 is 2.33 bits per heavy atom. The standard InChI is InChI=1S/C6H9BF3N2/c1-4(2)6-5(3-11-12-6)7(8,9)10/h3-4H,1-2H3,(H,11,12)/q-1. The Hall–Kier alpha value is -0.935. The minimum atomic E-state index is -4.92. The summed E-state index contributed by atoms with van der Waals surface area (Å²) in [6, 6.07) is 0. The van der Waals surface area contributed by atoms with Crippen molar-refractivity contribution in [1.29, 1.82) is 0 Å². The van der Waals surface area contributed by atoms with Gasteiger partial charge in [0, 0.05) is 11.9 Å². The number of hydrogen-bond donors (Lipinski definition) is 1. The van der Waals surface area contributed by atoms with Crippen molar-refractivity contribution in [3.8, 4) is 0 Å². The van der Waals surface area contributed by atoms with Gasteiger partial charge in [0.1, 0.15) is 0 Å². The summed E-state index contributed by atoms with van der Waals surface area (Å²) in [6.07, 6.45) is 0.843. The Morgan fingerprint density at radius 1 is 1.42 bits per heavy atom. The van der Waals surface area contributed by atoms with Crippen LogP contribution in [-0.2, 0) is 0 Å². The number of halogens is 3. The van der Waals surface area contributed by atoms with E-state index in [-0.39, 0.29) is 11.6 Å². The number of nitrogens with zero attached hydrogens (tertiary/aromatic N) is 1. The van der Waals surface area contributed by atoms with Gasteiger partial charge in [0.05, 0.1) is 0 Å². The summed E-state index contributed by atoms with van der Waals surface area (Å²) >= 11 is 0. The van der Waals surface area contributed by atoms with Crippen LogP contribution in [0.3, 0.4) is 0 Å². The first-order chi connectivity index (χ1) is 5.43. The zero-order valence-electron chi connectivity index (χ0n) is 6.81. The molecule has 2 nitrogen and oxygen atoms in total. The average Bonchev–Trinajstić information content (AvgIpc) is 2.30. The lowest BCUT2D eigenvalue weighted by Crippen LogP contribution is -2.36. The fraction of sp³-hybridized carbons (Fsp3) is 0.500. The Kier molecular flexibility index (Phi) is 2.17. The molecule has 6 heteroatoms. The van der Waals surface area contributed by atoms with Gasteiger partial charge >= 0.3 is 6.98 Å². The summed E-state index contributed by atoms with van der Waals surface area (Å²) in [5.74, 6) is -0.175. The molecule has 0 atom stereocenters. The van der Waals surface area contributed by atoms with Gasteiger partial charge in [-0.2, -0.15) is 5.10 Å². The van der Waals surface area contributed by atoms with Gasteiger partial charge in [-0.3, -0.25) is 5.10 Å². The third-order valence-corrected chi connectivity index (χ3v) is 1.63. The van der Waals surface area contributed by atoms with Crippen LogP contribution in [0, 0.1) is 0 Å². The molecule has 0 unspecified atom stereocenters. The van der Waals surface area contributed by atoms with Crippen molar-refractivity contribution in [3.63, 3.8) is 0 Å². The van der Waals surface area contributed by atoms with Gasteiger partial charge < -0.3 is 12.9 Å². The molecule has 0 bridgehead atoms. The van der Waals surface area contributed by atoms with Crippen LogP contribution in [0.15, 0.2) is 6.20 Å². The summed E-state index contributed by atoms with van der Waals surface area (Å²) < 4.78 is 36.7. The quantitative estimate of drug-likeness (QED) is 0.682. The average molecular weight is 177 g/mol. The van der Waals surface area contributed by atoms with Crippen LogP contribution in [0.4, 0.5) is 12.9 Å². The first kappa shape index (κ1) is 9.16. The smallest absolute Gasteiger partial charge is 0.445 e. The fourth-order valence-electron chi connectivity index (χ4n) is 1.03. The molecule has 0 amide bonds. The van der Waals surface area contributed by atoms with E-state index in [0.29, 0.717) is 0 Å². The lowest BCUT2D eigenvalue weighted by molar-refractivity contribution is 0.499. The minimum Gasteiger partial charge on any atom is -0.445 e. The zero-order chi connectivity index (χ0) is 9.35. The second-order valence-corrected chi connectivity index (χ2v) is 2.97. The van der Waals surface area contributed by atoms with Crippen molar-refractivity contribution in [2.45, 2.75) is 19.8 Å². The molecule has 0 fully saturated rings. The van der Waals surface area contributed by atoms with E-state index in [1.54, 1.807) is 13.8 Å². The number of hydrogen-bond acceptors (Lipinski definition) is 1. The number of H-pyrrole nitrogens is 1. The van der Waals surface area contributed by atoms with Crippen LogP contribution in [0.1, 0.15) is 25.5 Å². The van der Waals surface area contributed by atoms with Gasteiger partial charge in [0.25, 0.3) is 0 Å². The molecule has 68 valence electrons. The lowest BCUT2D eigenvalue weighted by Gasteiger charge is -2.15. The van der Waals surface area contributed by atoms with Crippen molar-refractivity contribution < 1.29 is 12.9 Å². The van der Waals surface area contributed by atoms with E-state index >= 15 is 0 Å². The predicted molar refractivity (Wildman–Crippen MR) is 41.4 cm³/mol. The summed E-state index contributed by atoms with van der Waals surface area (Å²) in [7, 11) is 0. The maximum atomic E-state index is 12.2. The number of aromatic nitrogens is 2. The van der Waals surface area contributed by atoms with Crippen molar-refractivity contribution >= 4 is 12.4 Å². The molecule has 1 aromatic rings. The van der Waals surface area contributed by atoms with Crippen LogP contribution in [0.2, 0.25) is 0 Å². The monoisotopic (exact) mass is 177 g/mol. The predicted octanol–water partition coefficient (Wildman–Crippen LogP) is 1.59. The highest BCUT2D eigenvalue weighted by Gasteiger charge is 2.30. The Morgan fingerprint density at radius 2 is 2.00 bits per heavy atom. The molecule has 0 saturated carbocycles. The fourth-order valence-corrected chi connectivity index (χ4v) is 1.03. The Balaban J connectivity index is 3.08. The van der Waals surface area contributed by atoms with Gasteiger partial charge in [-0.1, -0.05) is 19.3 Å². The van der Waals surface area contributed by atoms with Crippen LogP contribution in [0.25, 0.3) is 0 Å². The molecule has 1 N–H and O–H groups in total. The molecule has 1 rings (SSSR count). The second-order valence-electron chi connectivity index (χ2n) is 2.97. The Labute approximate surface area is 68.2 Å². The van der Waals surface area contributed by atoms with Crippen LogP contribution in [0.5, 0.6) is 0 Å². The van der Waals surface area contributed by atoms with Crippen molar-refractivity contribution in [2.75, 3.05) is 0 Å². The van der Waals surface area contributed by atoms with E-state index in [9.17, 15) is 12.9 Å². The van der Waals surface area contributed by atoms with Gasteiger partial charge in [0.15, 0.2) is 0 Å². The third kappa shape index (κ3) is 1.62. The van der Waals surface area contributed by atoms with Gasteiger partial charge in [0.2, 0.25) is 0 Å². The summed E-state index contributed by atoms with van der Waals surface area (Å²) in [4.78, 5) is 0. The minimum absolute atomic E-state index is 0.169. The number of nitrogens with one attached hydrogen (secondary N) is 1. The van der Waals surface area contributed by atoms with E-state index in [4.69, 9.17) is 0 Å². The molecule has 12 heavy (non-hydrogen) atoms. The van der Waals surface area contributed by atoms with Gasteiger partial charge in [-0.25, -0.2) is 0 Å². The first-order valence-electron chi connectivity index (χ1n) is 3.66.